The van der Waals surface area contributed by atoms with E-state index in [9.17, 15) is 4.79 Å². The first-order chi connectivity index (χ1) is 6.38. The maximum Gasteiger partial charge on any atom is 0.269 e. The van der Waals surface area contributed by atoms with Crippen molar-refractivity contribution in [2.24, 2.45) is 0 Å². The number of aromatic nitrogens is 1. The number of aryl methyl sites for hydroxylation is 1. The van der Waals surface area contributed by atoms with E-state index in [4.69, 9.17) is 5.26 Å². The highest BCUT2D eigenvalue weighted by Crippen LogP contribution is 2.13. The molecule has 0 unspecified atom stereocenters. The summed E-state index contributed by atoms with van der Waals surface area (Å²) >= 11 is 0. The molecule has 0 amide bonds. The molecule has 0 saturated heterocycles. The summed E-state index contributed by atoms with van der Waals surface area (Å²) in [5.41, 5.74) is 0.584. The number of hydrogen-bond donors (Lipinski definition) is 0. The Morgan fingerprint density at radius 1 is 1.36 bits per heavy atom. The van der Waals surface area contributed by atoms with Crippen molar-refractivity contribution in [1.82, 2.24) is 4.57 Å². The molecule has 14 heavy (non-hydrogen) atoms. The Balaban J connectivity index is 3.60. The van der Waals surface area contributed by atoms with Crippen molar-refractivity contribution in [2.45, 2.75) is 33.2 Å². The minimum absolute atomic E-state index is 0.200. The SMILES string of the molecule is Cc1ccc(C#N)c(=O)n1C(C)(C)C. The Labute approximate surface area is 83.6 Å². The van der Waals surface area contributed by atoms with Crippen molar-refractivity contribution in [3.63, 3.8) is 0 Å². The Bertz CT molecular complexity index is 444. The quantitative estimate of drug-likeness (QED) is 0.626. The van der Waals surface area contributed by atoms with Gasteiger partial charge in [0.2, 0.25) is 0 Å². The van der Waals surface area contributed by atoms with Crippen molar-refractivity contribution in [3.05, 3.63) is 33.7 Å². The smallest absolute Gasteiger partial charge is 0.269 e. The van der Waals surface area contributed by atoms with Crippen LogP contribution < -0.4 is 5.56 Å². The summed E-state index contributed by atoms with van der Waals surface area (Å²) in [5.74, 6) is 0. The van der Waals surface area contributed by atoms with Crippen LogP contribution in [0.25, 0.3) is 0 Å². The number of hydrogen-bond acceptors (Lipinski definition) is 2. The first-order valence-electron chi connectivity index (χ1n) is 4.51. The first-order valence-corrected chi connectivity index (χ1v) is 4.51. The molecule has 0 N–H and O–H groups in total. The van der Waals surface area contributed by atoms with Gasteiger partial charge < -0.3 is 4.57 Å². The summed E-state index contributed by atoms with van der Waals surface area (Å²) in [6.07, 6.45) is 0. The molecule has 3 heteroatoms. The van der Waals surface area contributed by atoms with E-state index in [0.29, 0.717) is 0 Å². The highest BCUT2D eigenvalue weighted by atomic mass is 16.1. The predicted octanol–water partition coefficient (Wildman–Crippen LogP) is 1.78. The number of nitriles is 1. The van der Waals surface area contributed by atoms with E-state index in [1.165, 1.54) is 0 Å². The van der Waals surface area contributed by atoms with E-state index in [1.807, 2.05) is 33.8 Å². The van der Waals surface area contributed by atoms with E-state index < -0.39 is 0 Å². The zero-order chi connectivity index (χ0) is 10.9. The molecular weight excluding hydrogens is 176 g/mol. The molecule has 1 aromatic rings. The van der Waals surface area contributed by atoms with Crippen LogP contribution in [0.2, 0.25) is 0 Å². The molecule has 0 bridgehead atoms. The van der Waals surface area contributed by atoms with Crippen LogP contribution >= 0.6 is 0 Å². The van der Waals surface area contributed by atoms with Gasteiger partial charge in [-0.3, -0.25) is 4.79 Å². The van der Waals surface area contributed by atoms with Gasteiger partial charge in [-0.1, -0.05) is 0 Å². The van der Waals surface area contributed by atoms with Crippen LogP contribution in [0.3, 0.4) is 0 Å². The molecular formula is C11H14N2O. The van der Waals surface area contributed by atoms with Gasteiger partial charge in [-0.25, -0.2) is 0 Å². The molecule has 3 nitrogen and oxygen atoms in total. The van der Waals surface area contributed by atoms with E-state index in [0.717, 1.165) is 5.69 Å². The van der Waals surface area contributed by atoms with E-state index >= 15 is 0 Å². The van der Waals surface area contributed by atoms with Crippen molar-refractivity contribution in [2.75, 3.05) is 0 Å². The average molecular weight is 190 g/mol. The maximum absolute atomic E-state index is 11.8. The highest BCUT2D eigenvalue weighted by molar-refractivity contribution is 5.28. The third-order valence-electron chi connectivity index (χ3n) is 2.07. The molecule has 0 fully saturated rings. The fraction of sp³-hybridized carbons (Fsp3) is 0.455. The fourth-order valence-corrected chi connectivity index (χ4v) is 1.55. The van der Waals surface area contributed by atoms with E-state index in [1.54, 1.807) is 16.7 Å². The predicted molar refractivity (Wildman–Crippen MR) is 55.2 cm³/mol. The van der Waals surface area contributed by atoms with Crippen molar-refractivity contribution >= 4 is 0 Å². The summed E-state index contributed by atoms with van der Waals surface area (Å²) in [6, 6.07) is 5.27. The van der Waals surface area contributed by atoms with Crippen LogP contribution in [-0.2, 0) is 5.54 Å². The summed E-state index contributed by atoms with van der Waals surface area (Å²) in [4.78, 5) is 11.8. The standard InChI is InChI=1S/C11H14N2O/c1-8-5-6-9(7-12)10(14)13(8)11(2,3)4/h5-6H,1-4H3. The molecule has 1 rings (SSSR count). The van der Waals surface area contributed by atoms with Crippen LogP contribution in [0.15, 0.2) is 16.9 Å². The Kier molecular flexibility index (Phi) is 2.48. The third-order valence-corrected chi connectivity index (χ3v) is 2.07. The second-order valence-electron chi connectivity index (χ2n) is 4.31. The first kappa shape index (κ1) is 10.5. The van der Waals surface area contributed by atoms with Crippen molar-refractivity contribution in [3.8, 4) is 6.07 Å². The lowest BCUT2D eigenvalue weighted by atomic mass is 10.1. The minimum Gasteiger partial charge on any atom is -0.307 e. The molecule has 74 valence electrons. The number of rotatable bonds is 0. The zero-order valence-corrected chi connectivity index (χ0v) is 8.96. The van der Waals surface area contributed by atoms with Crippen LogP contribution in [0.4, 0.5) is 0 Å². The van der Waals surface area contributed by atoms with Gasteiger partial charge in [0.05, 0.1) is 0 Å². The topological polar surface area (TPSA) is 45.8 Å². The average Bonchev–Trinajstić information content (AvgIpc) is 2.02. The lowest BCUT2D eigenvalue weighted by Crippen LogP contribution is -2.36. The molecule has 0 atom stereocenters. The summed E-state index contributed by atoms with van der Waals surface area (Å²) in [5, 5.41) is 8.74. The molecule has 0 spiro atoms. The van der Waals surface area contributed by atoms with Gasteiger partial charge in [0.1, 0.15) is 11.6 Å². The highest BCUT2D eigenvalue weighted by Gasteiger charge is 2.18. The number of nitrogens with zero attached hydrogens (tertiary/aromatic N) is 2. The molecule has 0 radical (unpaired) electrons. The molecule has 0 saturated carbocycles. The third kappa shape index (κ3) is 1.69. The van der Waals surface area contributed by atoms with Crippen LogP contribution in [0.5, 0.6) is 0 Å². The molecule has 1 heterocycles. The van der Waals surface area contributed by atoms with Gasteiger partial charge in [0, 0.05) is 11.2 Å². The molecule has 0 aliphatic heterocycles. The van der Waals surface area contributed by atoms with Gasteiger partial charge in [-0.15, -0.1) is 0 Å². The van der Waals surface area contributed by atoms with E-state index in [2.05, 4.69) is 0 Å². The minimum atomic E-state index is -0.284. The Morgan fingerprint density at radius 2 is 1.93 bits per heavy atom. The van der Waals surface area contributed by atoms with Gasteiger partial charge in [-0.2, -0.15) is 5.26 Å². The van der Waals surface area contributed by atoms with Crippen LogP contribution in [0, 0.1) is 18.3 Å². The fourth-order valence-electron chi connectivity index (χ4n) is 1.55. The van der Waals surface area contributed by atoms with Crippen LogP contribution in [-0.4, -0.2) is 4.57 Å². The second kappa shape index (κ2) is 3.30. The largest absolute Gasteiger partial charge is 0.307 e. The summed E-state index contributed by atoms with van der Waals surface area (Å²) in [6.45, 7) is 7.71. The summed E-state index contributed by atoms with van der Waals surface area (Å²) < 4.78 is 1.64. The maximum atomic E-state index is 11.8. The van der Waals surface area contributed by atoms with Gasteiger partial charge in [0.15, 0.2) is 0 Å². The summed E-state index contributed by atoms with van der Waals surface area (Å²) in [7, 11) is 0. The number of pyridine rings is 1. The van der Waals surface area contributed by atoms with Gasteiger partial charge in [-0.05, 0) is 39.8 Å². The lowest BCUT2D eigenvalue weighted by molar-refractivity contribution is 0.375. The van der Waals surface area contributed by atoms with E-state index in [-0.39, 0.29) is 16.7 Å². The Morgan fingerprint density at radius 3 is 2.36 bits per heavy atom. The normalized spacial score (nSPS) is 11.1. The molecule has 0 aromatic carbocycles. The van der Waals surface area contributed by atoms with Gasteiger partial charge in [0.25, 0.3) is 5.56 Å². The monoisotopic (exact) mass is 190 g/mol. The zero-order valence-electron chi connectivity index (χ0n) is 8.96. The van der Waals surface area contributed by atoms with Gasteiger partial charge >= 0.3 is 0 Å². The molecule has 1 aromatic heterocycles. The second-order valence-corrected chi connectivity index (χ2v) is 4.31. The van der Waals surface area contributed by atoms with Crippen molar-refractivity contribution in [1.29, 1.82) is 5.26 Å². The van der Waals surface area contributed by atoms with Crippen molar-refractivity contribution < 1.29 is 0 Å². The lowest BCUT2D eigenvalue weighted by Gasteiger charge is -2.24. The van der Waals surface area contributed by atoms with Crippen LogP contribution in [0.1, 0.15) is 32.0 Å². The Hall–Kier alpha value is -1.56. The molecule has 0 aliphatic carbocycles. The molecule has 0 aliphatic rings.